The fraction of sp³-hybridized carbons (Fsp3) is 0.182. The predicted molar refractivity (Wildman–Crippen MR) is 51.2 cm³/mol. The van der Waals surface area contributed by atoms with Crippen molar-refractivity contribution >= 4 is 10.9 Å². The molecule has 0 aliphatic rings. The number of aryl methyl sites for hydroxylation is 2. The van der Waals surface area contributed by atoms with Gasteiger partial charge in [0, 0.05) is 11.6 Å². The Morgan fingerprint density at radius 1 is 1.23 bits per heavy atom. The van der Waals surface area contributed by atoms with Crippen molar-refractivity contribution in [1.29, 1.82) is 0 Å². The second-order valence-corrected chi connectivity index (χ2v) is 3.27. The van der Waals surface area contributed by atoms with Gasteiger partial charge in [-0.3, -0.25) is 4.98 Å². The number of hydrogen-bond acceptors (Lipinski definition) is 1. The van der Waals surface area contributed by atoms with Gasteiger partial charge in [-0.05, 0) is 37.1 Å². The molecule has 13 heavy (non-hydrogen) atoms. The molecule has 2 rings (SSSR count). The summed E-state index contributed by atoms with van der Waals surface area (Å²) in [6, 6.07) is 5.19. The topological polar surface area (TPSA) is 12.9 Å². The van der Waals surface area contributed by atoms with Crippen LogP contribution in [-0.2, 0) is 0 Å². The van der Waals surface area contributed by atoms with Crippen molar-refractivity contribution in [2.24, 2.45) is 0 Å². The van der Waals surface area contributed by atoms with Crippen molar-refractivity contribution in [3.05, 3.63) is 41.3 Å². The summed E-state index contributed by atoms with van der Waals surface area (Å²) in [6.45, 7) is 3.92. The van der Waals surface area contributed by atoms with E-state index in [0.29, 0.717) is 5.52 Å². The van der Waals surface area contributed by atoms with E-state index in [1.165, 1.54) is 6.07 Å². The molecule has 0 N–H and O–H groups in total. The van der Waals surface area contributed by atoms with Crippen molar-refractivity contribution in [3.8, 4) is 0 Å². The number of aromatic nitrogens is 1. The van der Waals surface area contributed by atoms with Crippen LogP contribution in [0.4, 0.5) is 4.39 Å². The molecule has 1 aromatic heterocycles. The van der Waals surface area contributed by atoms with E-state index in [1.54, 1.807) is 12.3 Å². The van der Waals surface area contributed by atoms with Gasteiger partial charge in [0.1, 0.15) is 11.3 Å². The first-order valence-electron chi connectivity index (χ1n) is 4.20. The summed E-state index contributed by atoms with van der Waals surface area (Å²) < 4.78 is 13.2. The Morgan fingerprint density at radius 2 is 2.00 bits per heavy atom. The summed E-state index contributed by atoms with van der Waals surface area (Å²) in [6.07, 6.45) is 1.69. The Balaban J connectivity index is 2.92. The maximum Gasteiger partial charge on any atom is 0.149 e. The molecule has 1 nitrogen and oxygen atoms in total. The first-order chi connectivity index (χ1) is 6.18. The second-order valence-electron chi connectivity index (χ2n) is 3.27. The van der Waals surface area contributed by atoms with E-state index >= 15 is 0 Å². The minimum Gasteiger partial charge on any atom is -0.253 e. The maximum atomic E-state index is 13.2. The lowest BCUT2D eigenvalue weighted by Gasteiger charge is -2.02. The van der Waals surface area contributed by atoms with Crippen molar-refractivity contribution in [1.82, 2.24) is 4.98 Å². The highest BCUT2D eigenvalue weighted by Gasteiger charge is 2.03. The average Bonchev–Trinajstić information content (AvgIpc) is 2.12. The predicted octanol–water partition coefficient (Wildman–Crippen LogP) is 2.99. The smallest absolute Gasteiger partial charge is 0.149 e. The van der Waals surface area contributed by atoms with E-state index < -0.39 is 0 Å². The molecule has 1 aromatic carbocycles. The summed E-state index contributed by atoms with van der Waals surface area (Å²) >= 11 is 0. The molecule has 0 fully saturated rings. The molecule has 0 amide bonds. The summed E-state index contributed by atoms with van der Waals surface area (Å²) in [5.74, 6) is -0.249. The lowest BCUT2D eigenvalue weighted by molar-refractivity contribution is 0.636. The molecule has 0 unspecified atom stereocenters. The molecule has 0 aliphatic heterocycles. The highest BCUT2D eigenvalue weighted by Crippen LogP contribution is 2.19. The molecule has 0 saturated heterocycles. The van der Waals surface area contributed by atoms with Gasteiger partial charge in [-0.2, -0.15) is 0 Å². The Kier molecular flexibility index (Phi) is 1.76. The number of halogens is 1. The number of rotatable bonds is 0. The third-order valence-corrected chi connectivity index (χ3v) is 2.16. The van der Waals surface area contributed by atoms with Gasteiger partial charge in [-0.25, -0.2) is 4.39 Å². The first kappa shape index (κ1) is 8.17. The fourth-order valence-corrected chi connectivity index (χ4v) is 1.43. The number of pyridine rings is 1. The van der Waals surface area contributed by atoms with Crippen LogP contribution in [0.1, 0.15) is 11.1 Å². The minimum atomic E-state index is -0.249. The Labute approximate surface area is 76.2 Å². The zero-order chi connectivity index (χ0) is 9.42. The van der Waals surface area contributed by atoms with Crippen LogP contribution in [-0.4, -0.2) is 4.98 Å². The van der Waals surface area contributed by atoms with Crippen molar-refractivity contribution in [3.63, 3.8) is 0 Å². The number of benzene rings is 1. The molecule has 0 saturated carbocycles. The molecule has 2 heteroatoms. The summed E-state index contributed by atoms with van der Waals surface area (Å²) in [5, 5.41) is 0.903. The molecule has 0 spiro atoms. The van der Waals surface area contributed by atoms with Gasteiger partial charge >= 0.3 is 0 Å². The van der Waals surface area contributed by atoms with Crippen LogP contribution in [0, 0.1) is 19.7 Å². The van der Waals surface area contributed by atoms with Crippen LogP contribution in [0.15, 0.2) is 24.4 Å². The molecule has 0 atom stereocenters. The lowest BCUT2D eigenvalue weighted by atomic mass is 10.1. The summed E-state index contributed by atoms with van der Waals surface area (Å²) in [5.41, 5.74) is 2.58. The Bertz CT molecular complexity index is 463. The van der Waals surface area contributed by atoms with Crippen LogP contribution < -0.4 is 0 Å². The molecular formula is C11H10FN. The molecular weight excluding hydrogens is 165 g/mol. The van der Waals surface area contributed by atoms with E-state index in [9.17, 15) is 4.39 Å². The van der Waals surface area contributed by atoms with Crippen molar-refractivity contribution in [2.45, 2.75) is 13.8 Å². The zero-order valence-electron chi connectivity index (χ0n) is 7.63. The summed E-state index contributed by atoms with van der Waals surface area (Å²) in [7, 11) is 0. The third-order valence-electron chi connectivity index (χ3n) is 2.16. The Hall–Kier alpha value is -1.44. The van der Waals surface area contributed by atoms with Crippen LogP contribution in [0.25, 0.3) is 10.9 Å². The van der Waals surface area contributed by atoms with Gasteiger partial charge in [0.15, 0.2) is 0 Å². The highest BCUT2D eigenvalue weighted by atomic mass is 19.1. The molecule has 0 radical (unpaired) electrons. The van der Waals surface area contributed by atoms with Gasteiger partial charge in [-0.1, -0.05) is 6.07 Å². The van der Waals surface area contributed by atoms with Gasteiger partial charge in [0.25, 0.3) is 0 Å². The largest absolute Gasteiger partial charge is 0.253 e. The molecule has 0 bridgehead atoms. The molecule has 2 aromatic rings. The standard InChI is InChI=1S/C11H10FN/c1-7-5-9-8(2)3-4-10(12)11(9)13-6-7/h3-6H,1-2H3. The van der Waals surface area contributed by atoms with Gasteiger partial charge in [0.2, 0.25) is 0 Å². The van der Waals surface area contributed by atoms with Crippen LogP contribution in [0.2, 0.25) is 0 Å². The molecule has 66 valence electrons. The van der Waals surface area contributed by atoms with Crippen molar-refractivity contribution in [2.75, 3.05) is 0 Å². The lowest BCUT2D eigenvalue weighted by Crippen LogP contribution is -1.88. The van der Waals surface area contributed by atoms with E-state index in [0.717, 1.165) is 16.5 Å². The quantitative estimate of drug-likeness (QED) is 0.599. The molecule has 0 aliphatic carbocycles. The summed E-state index contributed by atoms with van der Waals surface area (Å²) in [4.78, 5) is 4.07. The Morgan fingerprint density at radius 3 is 2.77 bits per heavy atom. The number of hydrogen-bond donors (Lipinski definition) is 0. The highest BCUT2D eigenvalue weighted by molar-refractivity contribution is 5.82. The molecule has 1 heterocycles. The van der Waals surface area contributed by atoms with Crippen LogP contribution in [0.3, 0.4) is 0 Å². The zero-order valence-corrected chi connectivity index (χ0v) is 7.63. The average molecular weight is 175 g/mol. The first-order valence-corrected chi connectivity index (χ1v) is 4.20. The van der Waals surface area contributed by atoms with Crippen LogP contribution >= 0.6 is 0 Å². The minimum absolute atomic E-state index is 0.249. The van der Waals surface area contributed by atoms with E-state index in [-0.39, 0.29) is 5.82 Å². The van der Waals surface area contributed by atoms with Gasteiger partial charge in [-0.15, -0.1) is 0 Å². The number of nitrogens with zero attached hydrogens (tertiary/aromatic N) is 1. The second kappa shape index (κ2) is 2.80. The van der Waals surface area contributed by atoms with E-state index in [2.05, 4.69) is 4.98 Å². The van der Waals surface area contributed by atoms with E-state index in [1.807, 2.05) is 19.9 Å². The van der Waals surface area contributed by atoms with Crippen LogP contribution in [0.5, 0.6) is 0 Å². The fourth-order valence-electron chi connectivity index (χ4n) is 1.43. The van der Waals surface area contributed by atoms with Gasteiger partial charge in [0.05, 0.1) is 0 Å². The van der Waals surface area contributed by atoms with Crippen molar-refractivity contribution < 1.29 is 4.39 Å². The number of fused-ring (bicyclic) bond motifs is 1. The van der Waals surface area contributed by atoms with Gasteiger partial charge < -0.3 is 0 Å². The SMILES string of the molecule is Cc1cnc2c(F)ccc(C)c2c1. The maximum absolute atomic E-state index is 13.2. The third kappa shape index (κ3) is 1.28. The normalized spacial score (nSPS) is 10.7. The monoisotopic (exact) mass is 175 g/mol. The van der Waals surface area contributed by atoms with E-state index in [4.69, 9.17) is 0 Å².